The number of nitrogens with zero attached hydrogens (tertiary/aromatic N) is 2. The Hall–Kier alpha value is -2.08. The van der Waals surface area contributed by atoms with Gasteiger partial charge in [0.15, 0.2) is 5.84 Å². The molecule has 0 saturated heterocycles. The van der Waals surface area contributed by atoms with Gasteiger partial charge in [-0.25, -0.2) is 0 Å². The van der Waals surface area contributed by atoms with Crippen LogP contribution >= 0.6 is 0 Å². The molecule has 0 heterocycles. The first-order valence-corrected chi connectivity index (χ1v) is 6.10. The van der Waals surface area contributed by atoms with Crippen LogP contribution in [0.4, 0.5) is 0 Å². The average Bonchev–Trinajstić information content (AvgIpc) is 2.46. The molecule has 6 nitrogen and oxygen atoms in total. The van der Waals surface area contributed by atoms with E-state index in [-0.39, 0.29) is 11.7 Å². The number of hydrogen-bond donors (Lipinski definition) is 3. The predicted molar refractivity (Wildman–Crippen MR) is 74.0 cm³/mol. The molecule has 1 rings (SSSR count). The van der Waals surface area contributed by atoms with Crippen molar-refractivity contribution in [2.45, 2.75) is 13.5 Å². The van der Waals surface area contributed by atoms with Crippen LogP contribution in [-0.2, 0) is 11.3 Å². The molecule has 1 aromatic rings. The van der Waals surface area contributed by atoms with E-state index in [2.05, 4.69) is 10.5 Å². The summed E-state index contributed by atoms with van der Waals surface area (Å²) in [5, 5.41) is 14.6. The molecule has 0 fully saturated rings. The topological polar surface area (TPSA) is 91.0 Å². The van der Waals surface area contributed by atoms with Crippen LogP contribution in [0.2, 0.25) is 0 Å². The molecule has 0 unspecified atom stereocenters. The van der Waals surface area contributed by atoms with E-state index in [0.717, 1.165) is 5.56 Å². The van der Waals surface area contributed by atoms with Gasteiger partial charge in [-0.05, 0) is 12.5 Å². The van der Waals surface area contributed by atoms with E-state index in [9.17, 15) is 4.79 Å². The first-order chi connectivity index (χ1) is 9.08. The van der Waals surface area contributed by atoms with Crippen molar-refractivity contribution >= 4 is 11.7 Å². The lowest BCUT2D eigenvalue weighted by molar-refractivity contribution is -0.128. The van der Waals surface area contributed by atoms with E-state index >= 15 is 0 Å². The average molecular weight is 264 g/mol. The van der Waals surface area contributed by atoms with Crippen LogP contribution in [0.5, 0.6) is 0 Å². The van der Waals surface area contributed by atoms with E-state index in [1.165, 1.54) is 0 Å². The number of rotatable bonds is 6. The van der Waals surface area contributed by atoms with Crippen LogP contribution in [0.3, 0.4) is 0 Å². The van der Waals surface area contributed by atoms with Crippen LogP contribution in [0.25, 0.3) is 0 Å². The maximum atomic E-state index is 11.5. The maximum absolute atomic E-state index is 11.5. The Bertz CT molecular complexity index is 442. The number of nitrogens with one attached hydrogen (secondary N) is 1. The maximum Gasteiger partial charge on any atom is 0.236 e. The van der Waals surface area contributed by atoms with Crippen LogP contribution in [0.15, 0.2) is 29.4 Å². The molecule has 0 radical (unpaired) electrons. The summed E-state index contributed by atoms with van der Waals surface area (Å²) >= 11 is 0. The molecular weight excluding hydrogens is 244 g/mol. The van der Waals surface area contributed by atoms with E-state index in [1.807, 2.05) is 19.1 Å². The molecule has 0 aromatic heterocycles. The van der Waals surface area contributed by atoms with Crippen LogP contribution in [0, 0.1) is 0 Å². The van der Waals surface area contributed by atoms with Gasteiger partial charge in [-0.1, -0.05) is 29.4 Å². The molecular formula is C13H20N4O2. The smallest absolute Gasteiger partial charge is 0.236 e. The lowest BCUT2D eigenvalue weighted by Crippen LogP contribution is -2.35. The molecule has 6 heteroatoms. The minimum absolute atomic E-state index is 0.0655. The van der Waals surface area contributed by atoms with Gasteiger partial charge in [0, 0.05) is 25.7 Å². The predicted octanol–water partition coefficient (Wildman–Crippen LogP) is 0.349. The second-order valence-corrected chi connectivity index (χ2v) is 4.19. The third-order valence-corrected chi connectivity index (χ3v) is 2.86. The number of amidine groups is 1. The highest BCUT2D eigenvalue weighted by molar-refractivity contribution is 5.96. The van der Waals surface area contributed by atoms with Crippen LogP contribution in [-0.4, -0.2) is 42.0 Å². The van der Waals surface area contributed by atoms with Crippen molar-refractivity contribution in [3.05, 3.63) is 35.4 Å². The molecule has 0 bridgehead atoms. The zero-order chi connectivity index (χ0) is 14.3. The van der Waals surface area contributed by atoms with Gasteiger partial charge in [-0.3, -0.25) is 4.79 Å². The monoisotopic (exact) mass is 264 g/mol. The Morgan fingerprint density at radius 3 is 2.58 bits per heavy atom. The SMILES string of the molecule is CCN(C)C(=O)CNCc1ccc(/C(N)=N/O)cc1. The molecule has 0 aliphatic rings. The lowest BCUT2D eigenvalue weighted by atomic mass is 10.1. The fourth-order valence-corrected chi connectivity index (χ4v) is 1.48. The number of nitrogens with two attached hydrogens (primary N) is 1. The fraction of sp³-hybridized carbons (Fsp3) is 0.385. The van der Waals surface area contributed by atoms with Crippen molar-refractivity contribution in [2.75, 3.05) is 20.1 Å². The summed E-state index contributed by atoms with van der Waals surface area (Å²) in [6.07, 6.45) is 0. The Morgan fingerprint density at radius 1 is 1.42 bits per heavy atom. The molecule has 104 valence electrons. The van der Waals surface area contributed by atoms with Crippen molar-refractivity contribution in [1.29, 1.82) is 0 Å². The van der Waals surface area contributed by atoms with Gasteiger partial charge in [-0.2, -0.15) is 0 Å². The summed E-state index contributed by atoms with van der Waals surface area (Å²) in [7, 11) is 1.77. The van der Waals surface area contributed by atoms with Crippen molar-refractivity contribution in [3.8, 4) is 0 Å². The molecule has 0 atom stereocenters. The second kappa shape index (κ2) is 7.38. The van der Waals surface area contributed by atoms with E-state index in [0.29, 0.717) is 25.2 Å². The Balaban J connectivity index is 2.44. The summed E-state index contributed by atoms with van der Waals surface area (Å²) < 4.78 is 0. The van der Waals surface area contributed by atoms with Gasteiger partial charge in [0.2, 0.25) is 5.91 Å². The molecule has 0 spiro atoms. The quantitative estimate of drug-likeness (QED) is 0.299. The normalized spacial score (nSPS) is 11.4. The van der Waals surface area contributed by atoms with Gasteiger partial charge in [0.1, 0.15) is 0 Å². The molecule has 0 aliphatic heterocycles. The molecule has 0 aliphatic carbocycles. The first-order valence-electron chi connectivity index (χ1n) is 6.10. The first kappa shape index (κ1) is 15.0. The standard InChI is InChI=1S/C13H20N4O2/c1-3-17(2)12(18)9-15-8-10-4-6-11(7-5-10)13(14)16-19/h4-7,15,19H,3,8-9H2,1-2H3,(H2,14,16). The van der Waals surface area contributed by atoms with Gasteiger partial charge in [-0.15, -0.1) is 0 Å². The van der Waals surface area contributed by atoms with Crippen molar-refractivity contribution < 1.29 is 10.0 Å². The largest absolute Gasteiger partial charge is 0.409 e. The van der Waals surface area contributed by atoms with Gasteiger partial charge in [0.25, 0.3) is 0 Å². The molecule has 4 N–H and O–H groups in total. The highest BCUT2D eigenvalue weighted by atomic mass is 16.4. The minimum atomic E-state index is 0.0655. The zero-order valence-electron chi connectivity index (χ0n) is 11.3. The summed E-state index contributed by atoms with van der Waals surface area (Å²) in [5.74, 6) is 0.148. The van der Waals surface area contributed by atoms with Crippen molar-refractivity contribution in [3.63, 3.8) is 0 Å². The third-order valence-electron chi connectivity index (χ3n) is 2.86. The van der Waals surface area contributed by atoms with Gasteiger partial charge in [0.05, 0.1) is 6.54 Å². The van der Waals surface area contributed by atoms with E-state index in [4.69, 9.17) is 10.9 Å². The van der Waals surface area contributed by atoms with Crippen LogP contribution < -0.4 is 11.1 Å². The van der Waals surface area contributed by atoms with Gasteiger partial charge >= 0.3 is 0 Å². The number of likely N-dealkylation sites (N-methyl/N-ethyl adjacent to an activating group) is 1. The Morgan fingerprint density at radius 2 is 2.05 bits per heavy atom. The minimum Gasteiger partial charge on any atom is -0.409 e. The number of carbonyl (C=O) groups excluding carboxylic acids is 1. The number of benzene rings is 1. The summed E-state index contributed by atoms with van der Waals surface area (Å²) in [6.45, 7) is 3.55. The third kappa shape index (κ3) is 4.59. The van der Waals surface area contributed by atoms with Crippen molar-refractivity contribution in [1.82, 2.24) is 10.2 Å². The number of amides is 1. The lowest BCUT2D eigenvalue weighted by Gasteiger charge is -2.14. The number of oxime groups is 1. The number of carbonyl (C=O) groups is 1. The molecule has 0 saturated carbocycles. The Kier molecular flexibility index (Phi) is 5.81. The second-order valence-electron chi connectivity index (χ2n) is 4.19. The van der Waals surface area contributed by atoms with E-state index in [1.54, 1.807) is 24.1 Å². The van der Waals surface area contributed by atoms with Crippen molar-refractivity contribution in [2.24, 2.45) is 10.9 Å². The highest BCUT2D eigenvalue weighted by Gasteiger charge is 2.05. The summed E-state index contributed by atoms with van der Waals surface area (Å²) in [6, 6.07) is 7.28. The van der Waals surface area contributed by atoms with E-state index < -0.39 is 0 Å². The van der Waals surface area contributed by atoms with Gasteiger partial charge < -0.3 is 21.2 Å². The van der Waals surface area contributed by atoms with Crippen LogP contribution in [0.1, 0.15) is 18.1 Å². The molecule has 19 heavy (non-hydrogen) atoms. The summed E-state index contributed by atoms with van der Waals surface area (Å²) in [5.41, 5.74) is 7.16. The summed E-state index contributed by atoms with van der Waals surface area (Å²) in [4.78, 5) is 13.2. The highest BCUT2D eigenvalue weighted by Crippen LogP contribution is 2.03. The number of hydrogen-bond acceptors (Lipinski definition) is 4. The fourth-order valence-electron chi connectivity index (χ4n) is 1.48. The Labute approximate surface area is 112 Å². The zero-order valence-corrected chi connectivity index (χ0v) is 11.3. The molecule has 1 amide bonds. The molecule has 1 aromatic carbocycles.